The summed E-state index contributed by atoms with van der Waals surface area (Å²) in [5.74, 6) is 0.319. The molecular weight excluding hydrogens is 350 g/mol. The van der Waals surface area contributed by atoms with Gasteiger partial charge in [0.2, 0.25) is 5.91 Å². The molecule has 0 radical (unpaired) electrons. The molecular formula is C18H27ClF2N2O2. The van der Waals surface area contributed by atoms with Crippen molar-refractivity contribution in [2.75, 3.05) is 19.6 Å². The lowest BCUT2D eigenvalue weighted by Crippen LogP contribution is -2.46. The molecule has 1 N–H and O–H groups in total. The average Bonchev–Trinajstić information content (AvgIpc) is 2.59. The Morgan fingerprint density at radius 3 is 2.48 bits per heavy atom. The van der Waals surface area contributed by atoms with Crippen LogP contribution in [0.1, 0.15) is 38.2 Å². The first-order valence-corrected chi connectivity index (χ1v) is 8.64. The molecule has 1 aromatic carbocycles. The maximum atomic E-state index is 12.6. The van der Waals surface area contributed by atoms with Gasteiger partial charge < -0.3 is 15.0 Å². The minimum Gasteiger partial charge on any atom is -0.435 e. The van der Waals surface area contributed by atoms with Gasteiger partial charge in [0.05, 0.1) is 0 Å². The van der Waals surface area contributed by atoms with E-state index in [1.54, 1.807) is 12.1 Å². The average molecular weight is 377 g/mol. The highest BCUT2D eigenvalue weighted by atomic mass is 35.5. The molecule has 1 aliphatic rings. The molecule has 1 fully saturated rings. The van der Waals surface area contributed by atoms with Gasteiger partial charge in [-0.3, -0.25) is 4.79 Å². The van der Waals surface area contributed by atoms with Crippen molar-refractivity contribution in [1.82, 2.24) is 10.2 Å². The molecule has 0 aliphatic carbocycles. The molecule has 1 aliphatic heterocycles. The molecule has 2 rings (SSSR count). The third-order valence-corrected chi connectivity index (χ3v) is 4.31. The van der Waals surface area contributed by atoms with E-state index in [9.17, 15) is 13.6 Å². The number of hydrogen-bond acceptors (Lipinski definition) is 3. The number of aryl methyl sites for hydroxylation is 1. The lowest BCUT2D eigenvalue weighted by atomic mass is 10.0. The second kappa shape index (κ2) is 11.3. The van der Waals surface area contributed by atoms with Gasteiger partial charge in [-0.25, -0.2) is 0 Å². The number of carbonyl (C=O) groups excluding carboxylic acids is 1. The molecule has 142 valence electrons. The number of alkyl halides is 2. The normalized spacial score (nSPS) is 14.9. The van der Waals surface area contributed by atoms with Gasteiger partial charge >= 0.3 is 6.61 Å². The van der Waals surface area contributed by atoms with Crippen LogP contribution in [-0.4, -0.2) is 43.1 Å². The van der Waals surface area contributed by atoms with E-state index in [0.29, 0.717) is 18.9 Å². The molecule has 4 nitrogen and oxygen atoms in total. The van der Waals surface area contributed by atoms with Crippen LogP contribution in [0.4, 0.5) is 8.78 Å². The van der Waals surface area contributed by atoms with Crippen molar-refractivity contribution in [2.24, 2.45) is 0 Å². The van der Waals surface area contributed by atoms with Crippen molar-refractivity contribution in [3.63, 3.8) is 0 Å². The van der Waals surface area contributed by atoms with Crippen LogP contribution in [0.5, 0.6) is 5.75 Å². The maximum Gasteiger partial charge on any atom is 0.387 e. The third-order valence-electron chi connectivity index (χ3n) is 4.31. The summed E-state index contributed by atoms with van der Waals surface area (Å²) in [6.45, 7) is 1.99. The number of nitrogens with one attached hydrogen (secondary N) is 1. The molecule has 25 heavy (non-hydrogen) atoms. The Labute approximate surface area is 154 Å². The molecule has 1 aromatic rings. The topological polar surface area (TPSA) is 41.6 Å². The summed E-state index contributed by atoms with van der Waals surface area (Å²) in [5, 5.41) is 3.32. The number of rotatable bonds is 8. The van der Waals surface area contributed by atoms with E-state index in [1.165, 1.54) is 12.1 Å². The Hall–Kier alpha value is -1.40. The lowest BCUT2D eigenvalue weighted by Gasteiger charge is -2.34. The van der Waals surface area contributed by atoms with E-state index >= 15 is 0 Å². The molecule has 0 unspecified atom stereocenters. The van der Waals surface area contributed by atoms with E-state index in [-0.39, 0.29) is 24.1 Å². The van der Waals surface area contributed by atoms with Gasteiger partial charge in [-0.2, -0.15) is 8.78 Å². The Bertz CT molecular complexity index is 508. The number of benzene rings is 1. The molecule has 7 heteroatoms. The highest BCUT2D eigenvalue weighted by Gasteiger charge is 2.24. The number of halogens is 3. The van der Waals surface area contributed by atoms with Crippen LogP contribution in [0, 0.1) is 0 Å². The first kappa shape index (κ1) is 21.6. The minimum absolute atomic E-state index is 0. The summed E-state index contributed by atoms with van der Waals surface area (Å²) in [4.78, 5) is 14.6. The molecule has 0 spiro atoms. The van der Waals surface area contributed by atoms with Gasteiger partial charge in [0.15, 0.2) is 0 Å². The summed E-state index contributed by atoms with van der Waals surface area (Å²) in [5.41, 5.74) is 0.951. The van der Waals surface area contributed by atoms with Crippen LogP contribution in [0.3, 0.4) is 0 Å². The summed E-state index contributed by atoms with van der Waals surface area (Å²) < 4.78 is 28.6. The number of amides is 1. The highest BCUT2D eigenvalue weighted by molar-refractivity contribution is 5.85. The van der Waals surface area contributed by atoms with Gasteiger partial charge in [0, 0.05) is 19.0 Å². The van der Waals surface area contributed by atoms with Gasteiger partial charge in [-0.05, 0) is 56.5 Å². The maximum absolute atomic E-state index is 12.6. The van der Waals surface area contributed by atoms with E-state index in [2.05, 4.69) is 17.0 Å². The fraction of sp³-hybridized carbons (Fsp3) is 0.611. The molecule has 0 atom stereocenters. The Morgan fingerprint density at radius 1 is 1.28 bits per heavy atom. The summed E-state index contributed by atoms with van der Waals surface area (Å²) in [6.07, 6.45) is 4.02. The number of nitrogens with zero attached hydrogens (tertiary/aromatic N) is 1. The molecule has 1 heterocycles. The van der Waals surface area contributed by atoms with Crippen LogP contribution in [0.25, 0.3) is 0 Å². The Morgan fingerprint density at radius 2 is 1.92 bits per heavy atom. The zero-order chi connectivity index (χ0) is 17.4. The predicted octanol–water partition coefficient (Wildman–Crippen LogP) is 3.63. The number of ether oxygens (including phenoxy) is 1. The number of hydrogen-bond donors (Lipinski definition) is 1. The van der Waals surface area contributed by atoms with Crippen LogP contribution in [0.2, 0.25) is 0 Å². The SMILES string of the molecule is CCCN(C(=O)CCc1ccc(OC(F)F)cc1)C1CCNCC1.Cl. The first-order chi connectivity index (χ1) is 11.6. The van der Waals surface area contributed by atoms with E-state index in [0.717, 1.165) is 44.5 Å². The molecule has 0 bridgehead atoms. The van der Waals surface area contributed by atoms with E-state index < -0.39 is 6.61 Å². The van der Waals surface area contributed by atoms with Gasteiger partial charge in [-0.1, -0.05) is 19.1 Å². The third kappa shape index (κ3) is 7.16. The summed E-state index contributed by atoms with van der Waals surface area (Å²) >= 11 is 0. The zero-order valence-corrected chi connectivity index (χ0v) is 15.4. The van der Waals surface area contributed by atoms with Crippen LogP contribution in [-0.2, 0) is 11.2 Å². The summed E-state index contributed by atoms with van der Waals surface area (Å²) in [7, 11) is 0. The Balaban J connectivity index is 0.00000312. The monoisotopic (exact) mass is 376 g/mol. The molecule has 0 saturated carbocycles. The summed E-state index contributed by atoms with van der Waals surface area (Å²) in [6, 6.07) is 6.84. The predicted molar refractivity (Wildman–Crippen MR) is 96.5 cm³/mol. The largest absolute Gasteiger partial charge is 0.435 e. The van der Waals surface area contributed by atoms with E-state index in [4.69, 9.17) is 0 Å². The highest BCUT2D eigenvalue weighted by Crippen LogP contribution is 2.18. The van der Waals surface area contributed by atoms with Crippen molar-refractivity contribution < 1.29 is 18.3 Å². The number of carbonyl (C=O) groups is 1. The van der Waals surface area contributed by atoms with Crippen molar-refractivity contribution >= 4 is 18.3 Å². The number of piperidine rings is 1. The van der Waals surface area contributed by atoms with Crippen molar-refractivity contribution in [3.8, 4) is 5.75 Å². The van der Waals surface area contributed by atoms with Crippen molar-refractivity contribution in [2.45, 2.75) is 51.7 Å². The van der Waals surface area contributed by atoms with E-state index in [1.807, 2.05) is 4.90 Å². The molecule has 0 aromatic heterocycles. The van der Waals surface area contributed by atoms with Gasteiger partial charge in [-0.15, -0.1) is 12.4 Å². The lowest BCUT2D eigenvalue weighted by molar-refractivity contribution is -0.134. The first-order valence-electron chi connectivity index (χ1n) is 8.64. The fourth-order valence-corrected chi connectivity index (χ4v) is 3.10. The van der Waals surface area contributed by atoms with Crippen molar-refractivity contribution in [1.29, 1.82) is 0 Å². The molecule has 1 amide bonds. The Kier molecular flexibility index (Phi) is 9.75. The standard InChI is InChI=1S/C18H26F2N2O2.ClH/c1-2-13-22(15-9-11-21-12-10-15)17(23)8-5-14-3-6-16(7-4-14)24-18(19)20;/h3-4,6-7,15,18,21H,2,5,8-13H2,1H3;1H. The fourth-order valence-electron chi connectivity index (χ4n) is 3.10. The minimum atomic E-state index is -2.81. The molecule has 1 saturated heterocycles. The smallest absolute Gasteiger partial charge is 0.387 e. The second-order valence-corrected chi connectivity index (χ2v) is 6.09. The second-order valence-electron chi connectivity index (χ2n) is 6.09. The quantitative estimate of drug-likeness (QED) is 0.753. The zero-order valence-electron chi connectivity index (χ0n) is 14.5. The van der Waals surface area contributed by atoms with Crippen LogP contribution >= 0.6 is 12.4 Å². The van der Waals surface area contributed by atoms with Crippen LogP contribution < -0.4 is 10.1 Å². The van der Waals surface area contributed by atoms with Gasteiger partial charge in [0.25, 0.3) is 0 Å². The van der Waals surface area contributed by atoms with Crippen molar-refractivity contribution in [3.05, 3.63) is 29.8 Å². The van der Waals surface area contributed by atoms with Crippen LogP contribution in [0.15, 0.2) is 24.3 Å². The van der Waals surface area contributed by atoms with Gasteiger partial charge in [0.1, 0.15) is 5.75 Å².